The SMILES string of the molecule is O=C(OCCCN1C(=O)c2cccc3cccc(c23)C1=O)c1ccc2c(c1)C(=O)C(c1ccc3cccc(N4C(=O)c5cc6cccc(S(=O)(=O)O)c6cc5C4=O)c3n1)C2=O. The number of carbonyl (C=O) groups is 7. The van der Waals surface area contributed by atoms with Gasteiger partial charge in [0.15, 0.2) is 11.6 Å². The van der Waals surface area contributed by atoms with Gasteiger partial charge in [0.1, 0.15) is 10.8 Å². The summed E-state index contributed by atoms with van der Waals surface area (Å²) >= 11 is 0. The highest BCUT2D eigenvalue weighted by Crippen LogP contribution is 2.39. The van der Waals surface area contributed by atoms with Crippen LogP contribution in [0.1, 0.15) is 90.5 Å². The molecule has 61 heavy (non-hydrogen) atoms. The fourth-order valence-corrected chi connectivity index (χ4v) is 9.16. The maximum absolute atomic E-state index is 13.9. The number of imide groups is 2. The van der Waals surface area contributed by atoms with Gasteiger partial charge in [0.25, 0.3) is 33.7 Å². The first-order valence-electron chi connectivity index (χ1n) is 18.9. The van der Waals surface area contributed by atoms with Crippen LogP contribution in [-0.4, -0.2) is 77.2 Å². The Kier molecular flexibility index (Phi) is 8.40. The molecule has 2 aliphatic heterocycles. The molecule has 3 aliphatic rings. The van der Waals surface area contributed by atoms with Gasteiger partial charge in [-0.05, 0) is 77.9 Å². The molecule has 10 rings (SSSR count). The number of nitrogens with zero attached hydrogens (tertiary/aromatic N) is 3. The van der Waals surface area contributed by atoms with E-state index in [1.165, 1.54) is 54.6 Å². The van der Waals surface area contributed by atoms with E-state index in [2.05, 4.69) is 4.98 Å². The van der Waals surface area contributed by atoms with Crippen molar-refractivity contribution in [1.29, 1.82) is 0 Å². The van der Waals surface area contributed by atoms with Crippen LogP contribution >= 0.6 is 0 Å². The van der Waals surface area contributed by atoms with E-state index in [9.17, 15) is 46.5 Å². The molecule has 4 amide bonds. The number of amides is 4. The number of ketones is 2. The summed E-state index contributed by atoms with van der Waals surface area (Å²) in [5.74, 6) is -5.75. The minimum atomic E-state index is -4.66. The molecule has 15 heteroatoms. The fraction of sp³-hybridized carbons (Fsp3) is 0.0870. The molecule has 0 bridgehead atoms. The van der Waals surface area contributed by atoms with Gasteiger partial charge in [0, 0.05) is 45.0 Å². The Morgan fingerprint density at radius 1 is 0.639 bits per heavy atom. The Morgan fingerprint density at radius 3 is 2.00 bits per heavy atom. The van der Waals surface area contributed by atoms with Crippen LogP contribution in [0.2, 0.25) is 0 Å². The summed E-state index contributed by atoms with van der Waals surface area (Å²) in [5, 5.41) is 2.22. The number of carbonyl (C=O) groups excluding carboxylic acids is 7. The number of anilines is 1. The molecule has 6 aromatic carbocycles. The van der Waals surface area contributed by atoms with Crippen LogP contribution in [0, 0.1) is 0 Å². The second-order valence-electron chi connectivity index (χ2n) is 14.8. The first kappa shape index (κ1) is 37.5. The molecular weight excluding hydrogens is 803 g/mol. The van der Waals surface area contributed by atoms with Gasteiger partial charge in [-0.15, -0.1) is 0 Å². The third kappa shape index (κ3) is 5.77. The number of hydrogen-bond donors (Lipinski definition) is 1. The van der Waals surface area contributed by atoms with Crippen molar-refractivity contribution >= 4 is 89.4 Å². The van der Waals surface area contributed by atoms with E-state index in [0.717, 1.165) is 15.2 Å². The van der Waals surface area contributed by atoms with Crippen molar-refractivity contribution in [2.24, 2.45) is 0 Å². The minimum Gasteiger partial charge on any atom is -0.462 e. The molecule has 1 unspecified atom stereocenters. The number of pyridine rings is 1. The molecule has 7 aromatic rings. The number of para-hydroxylation sites is 1. The molecule has 14 nitrogen and oxygen atoms in total. The van der Waals surface area contributed by atoms with Crippen molar-refractivity contribution in [2.45, 2.75) is 17.2 Å². The van der Waals surface area contributed by atoms with Gasteiger partial charge in [-0.25, -0.2) is 14.7 Å². The first-order chi connectivity index (χ1) is 29.3. The van der Waals surface area contributed by atoms with Gasteiger partial charge >= 0.3 is 5.97 Å². The molecular formula is C46H27N3O11S. The van der Waals surface area contributed by atoms with Crippen LogP contribution in [0.5, 0.6) is 0 Å². The van der Waals surface area contributed by atoms with Crippen molar-refractivity contribution < 1.29 is 51.3 Å². The van der Waals surface area contributed by atoms with E-state index < -0.39 is 62.1 Å². The quantitative estimate of drug-likeness (QED) is 0.0567. The molecule has 0 saturated carbocycles. The summed E-state index contributed by atoms with van der Waals surface area (Å²) < 4.78 is 39.4. The molecule has 0 spiro atoms. The second kappa shape index (κ2) is 13.7. The third-order valence-electron chi connectivity index (χ3n) is 11.3. The van der Waals surface area contributed by atoms with Crippen molar-refractivity contribution in [2.75, 3.05) is 18.1 Å². The molecule has 1 N–H and O–H groups in total. The van der Waals surface area contributed by atoms with Crippen LogP contribution in [0.25, 0.3) is 32.4 Å². The number of ether oxygens (including phenoxy) is 1. The lowest BCUT2D eigenvalue weighted by Gasteiger charge is -2.27. The molecule has 0 saturated heterocycles. The lowest BCUT2D eigenvalue weighted by atomic mass is 9.94. The van der Waals surface area contributed by atoms with Crippen LogP contribution in [-0.2, 0) is 14.9 Å². The average Bonchev–Trinajstić information content (AvgIpc) is 3.65. The standard InChI is InChI=1S/C46H27N3O11S/c50-40-27-16-14-26(46(56)60-19-5-18-48-42(52)28-10-1-6-23-7-2-11-29(37(23)28)43(48)53)21-31(27)41(51)38(40)34-17-15-24-8-3-12-35(39(24)47-34)49-44(54)32-20-25-9-4-13-36(61(57,58)59)30(25)22-33(32)45(49)55/h1-4,6-17,20-22,38H,5,18-19H2,(H,57,58,59). The van der Waals surface area contributed by atoms with E-state index in [-0.39, 0.29) is 69.7 Å². The van der Waals surface area contributed by atoms with Crippen LogP contribution in [0.3, 0.4) is 0 Å². The van der Waals surface area contributed by atoms with Crippen LogP contribution in [0.4, 0.5) is 5.69 Å². The Balaban J connectivity index is 0.871. The Morgan fingerprint density at radius 2 is 1.28 bits per heavy atom. The lowest BCUT2D eigenvalue weighted by Crippen LogP contribution is -2.41. The number of Topliss-reactive ketones (excluding diaryl/α,β-unsaturated/α-hetero) is 2. The molecule has 3 heterocycles. The zero-order chi connectivity index (χ0) is 42.5. The van der Waals surface area contributed by atoms with Crippen molar-refractivity contribution in [1.82, 2.24) is 9.88 Å². The summed E-state index contributed by atoms with van der Waals surface area (Å²) in [6.45, 7) is -0.149. The largest absolute Gasteiger partial charge is 0.462 e. The summed E-state index contributed by atoms with van der Waals surface area (Å²) in [5.41, 5.74) is 1.01. The monoisotopic (exact) mass is 829 g/mol. The predicted molar refractivity (Wildman–Crippen MR) is 219 cm³/mol. The van der Waals surface area contributed by atoms with Crippen molar-refractivity contribution in [3.05, 3.63) is 160 Å². The van der Waals surface area contributed by atoms with Crippen LogP contribution in [0.15, 0.2) is 120 Å². The molecule has 1 aliphatic carbocycles. The number of aromatic nitrogens is 1. The molecule has 0 radical (unpaired) electrons. The highest BCUT2D eigenvalue weighted by atomic mass is 32.2. The number of esters is 1. The van der Waals surface area contributed by atoms with E-state index in [1.807, 2.05) is 12.1 Å². The molecule has 1 atom stereocenters. The molecule has 0 fully saturated rings. The van der Waals surface area contributed by atoms with Gasteiger partial charge in [-0.2, -0.15) is 8.42 Å². The second-order valence-corrected chi connectivity index (χ2v) is 16.2. The van der Waals surface area contributed by atoms with E-state index in [4.69, 9.17) is 4.74 Å². The maximum Gasteiger partial charge on any atom is 0.338 e. The van der Waals surface area contributed by atoms with E-state index in [0.29, 0.717) is 27.3 Å². The maximum atomic E-state index is 13.9. The number of benzene rings is 6. The Hall–Kier alpha value is -7.75. The molecule has 298 valence electrons. The normalized spacial score (nSPS) is 16.0. The smallest absolute Gasteiger partial charge is 0.338 e. The zero-order valence-corrected chi connectivity index (χ0v) is 32.3. The van der Waals surface area contributed by atoms with Crippen molar-refractivity contribution in [3.63, 3.8) is 0 Å². The topological polar surface area (TPSA) is 202 Å². The Bertz CT molecular complexity index is 3310. The third-order valence-corrected chi connectivity index (χ3v) is 12.2. The fourth-order valence-electron chi connectivity index (χ4n) is 8.46. The van der Waals surface area contributed by atoms with E-state index >= 15 is 0 Å². The summed E-state index contributed by atoms with van der Waals surface area (Å²) in [4.78, 5) is 101. The van der Waals surface area contributed by atoms with Gasteiger partial charge < -0.3 is 4.74 Å². The first-order valence-corrected chi connectivity index (χ1v) is 20.4. The number of rotatable bonds is 8. The highest BCUT2D eigenvalue weighted by Gasteiger charge is 2.42. The lowest BCUT2D eigenvalue weighted by molar-refractivity contribution is 0.0475. The van der Waals surface area contributed by atoms with Crippen molar-refractivity contribution in [3.8, 4) is 0 Å². The summed E-state index contributed by atoms with van der Waals surface area (Å²) in [6.07, 6.45) is 0.147. The molecule has 1 aromatic heterocycles. The summed E-state index contributed by atoms with van der Waals surface area (Å²) in [7, 11) is -4.66. The van der Waals surface area contributed by atoms with Crippen LogP contribution < -0.4 is 4.90 Å². The van der Waals surface area contributed by atoms with E-state index in [1.54, 1.807) is 48.5 Å². The predicted octanol–water partition coefficient (Wildman–Crippen LogP) is 6.59. The summed E-state index contributed by atoms with van der Waals surface area (Å²) in [6, 6.07) is 29.1. The average molecular weight is 830 g/mol. The van der Waals surface area contributed by atoms with Gasteiger partial charge in [-0.3, -0.25) is 38.2 Å². The number of hydrogen-bond acceptors (Lipinski definition) is 11. The number of fused-ring (bicyclic) bond motifs is 4. The van der Waals surface area contributed by atoms with Gasteiger partial charge in [0.05, 0.1) is 40.2 Å². The Labute approximate surface area is 344 Å². The van der Waals surface area contributed by atoms with Gasteiger partial charge in [0.2, 0.25) is 0 Å². The minimum absolute atomic E-state index is 0.000451. The van der Waals surface area contributed by atoms with Gasteiger partial charge in [-0.1, -0.05) is 54.6 Å². The highest BCUT2D eigenvalue weighted by molar-refractivity contribution is 7.86. The zero-order valence-electron chi connectivity index (χ0n) is 31.4.